The molecule has 5 nitrogen and oxygen atoms in total. The molecule has 3 fully saturated rings. The molecular weight excluding hydrogens is 302 g/mol. The van der Waals surface area contributed by atoms with E-state index in [4.69, 9.17) is 4.74 Å². The van der Waals surface area contributed by atoms with Crippen LogP contribution in [0.25, 0.3) is 0 Å². The molecule has 3 saturated heterocycles. The molecule has 4 rings (SSSR count). The monoisotopic (exact) mass is 329 g/mol. The largest absolute Gasteiger partial charge is 0.381 e. The van der Waals surface area contributed by atoms with Crippen molar-refractivity contribution >= 4 is 5.91 Å². The molecule has 1 aromatic heterocycles. The van der Waals surface area contributed by atoms with E-state index >= 15 is 0 Å². The Morgan fingerprint density at radius 2 is 2.12 bits per heavy atom. The minimum atomic E-state index is 0.144. The van der Waals surface area contributed by atoms with Gasteiger partial charge in [-0.25, -0.2) is 0 Å². The minimum Gasteiger partial charge on any atom is -0.381 e. The first-order chi connectivity index (χ1) is 11.7. The van der Waals surface area contributed by atoms with Crippen LogP contribution in [0.1, 0.15) is 36.0 Å². The van der Waals surface area contributed by atoms with E-state index in [1.165, 1.54) is 38.9 Å². The van der Waals surface area contributed by atoms with Gasteiger partial charge in [-0.1, -0.05) is 0 Å². The molecule has 24 heavy (non-hydrogen) atoms. The molecule has 3 aliphatic rings. The molecule has 130 valence electrons. The minimum absolute atomic E-state index is 0.144. The second-order valence-electron chi connectivity index (χ2n) is 7.75. The molecule has 0 aliphatic carbocycles. The SMILES string of the molecule is O=C(c1cccnc1)N1CCC2(CCN(CC3CCOC3)CC2)C1. The van der Waals surface area contributed by atoms with Gasteiger partial charge in [0.15, 0.2) is 0 Å². The van der Waals surface area contributed by atoms with Crippen molar-refractivity contribution < 1.29 is 9.53 Å². The van der Waals surface area contributed by atoms with E-state index in [2.05, 4.69) is 9.88 Å². The summed E-state index contributed by atoms with van der Waals surface area (Å²) in [5.74, 6) is 0.872. The van der Waals surface area contributed by atoms with E-state index in [9.17, 15) is 4.79 Å². The summed E-state index contributed by atoms with van der Waals surface area (Å²) in [6.45, 7) is 7.22. The number of likely N-dealkylation sites (tertiary alicyclic amines) is 2. The number of hydrogen-bond acceptors (Lipinski definition) is 4. The maximum absolute atomic E-state index is 12.6. The van der Waals surface area contributed by atoms with E-state index in [0.29, 0.717) is 11.0 Å². The third-order valence-corrected chi connectivity index (χ3v) is 6.09. The Morgan fingerprint density at radius 3 is 2.83 bits per heavy atom. The summed E-state index contributed by atoms with van der Waals surface area (Å²) in [7, 11) is 0. The summed E-state index contributed by atoms with van der Waals surface area (Å²) in [6.07, 6.45) is 8.20. The number of carbonyl (C=O) groups excluding carboxylic acids is 1. The van der Waals surface area contributed by atoms with Crippen LogP contribution >= 0.6 is 0 Å². The number of rotatable bonds is 3. The lowest BCUT2D eigenvalue weighted by Crippen LogP contribution is -2.43. The van der Waals surface area contributed by atoms with Crippen LogP contribution in [0.4, 0.5) is 0 Å². The standard InChI is InChI=1S/C19H27N3O2/c23-18(17-2-1-7-20-12-17)22-10-6-19(15-22)4-8-21(9-5-19)13-16-3-11-24-14-16/h1-2,7,12,16H,3-6,8-11,13-15H2. The van der Waals surface area contributed by atoms with Gasteiger partial charge in [0, 0.05) is 38.6 Å². The van der Waals surface area contributed by atoms with Gasteiger partial charge in [0.1, 0.15) is 0 Å². The molecule has 0 radical (unpaired) electrons. The number of carbonyl (C=O) groups is 1. The molecule has 5 heteroatoms. The van der Waals surface area contributed by atoms with Crippen LogP contribution in [0, 0.1) is 11.3 Å². The highest BCUT2D eigenvalue weighted by Gasteiger charge is 2.42. The number of aromatic nitrogens is 1. The first kappa shape index (κ1) is 16.0. The lowest BCUT2D eigenvalue weighted by Gasteiger charge is -2.40. The summed E-state index contributed by atoms with van der Waals surface area (Å²) >= 11 is 0. The van der Waals surface area contributed by atoms with Crippen LogP contribution < -0.4 is 0 Å². The highest BCUT2D eigenvalue weighted by molar-refractivity contribution is 5.94. The van der Waals surface area contributed by atoms with Crippen molar-refractivity contribution in [3.05, 3.63) is 30.1 Å². The predicted molar refractivity (Wildman–Crippen MR) is 91.8 cm³/mol. The number of ether oxygens (including phenoxy) is 1. The molecule has 1 spiro atoms. The molecule has 1 unspecified atom stereocenters. The summed E-state index contributed by atoms with van der Waals surface area (Å²) < 4.78 is 5.50. The first-order valence-corrected chi connectivity index (χ1v) is 9.24. The lowest BCUT2D eigenvalue weighted by molar-refractivity contribution is 0.0696. The van der Waals surface area contributed by atoms with Crippen molar-refractivity contribution in [2.75, 3.05) is 45.9 Å². The van der Waals surface area contributed by atoms with Gasteiger partial charge in [-0.05, 0) is 62.2 Å². The van der Waals surface area contributed by atoms with Gasteiger partial charge in [0.2, 0.25) is 0 Å². The summed E-state index contributed by atoms with van der Waals surface area (Å²) in [4.78, 5) is 21.4. The van der Waals surface area contributed by atoms with Crippen LogP contribution in [0.5, 0.6) is 0 Å². The molecule has 0 saturated carbocycles. The van der Waals surface area contributed by atoms with Crippen LogP contribution in [-0.4, -0.2) is 66.6 Å². The topological polar surface area (TPSA) is 45.7 Å². The molecule has 0 aromatic carbocycles. The first-order valence-electron chi connectivity index (χ1n) is 9.24. The quantitative estimate of drug-likeness (QED) is 0.851. The Labute approximate surface area is 144 Å². The van der Waals surface area contributed by atoms with Crippen LogP contribution in [0.15, 0.2) is 24.5 Å². The van der Waals surface area contributed by atoms with Gasteiger partial charge < -0.3 is 14.5 Å². The van der Waals surface area contributed by atoms with Gasteiger partial charge >= 0.3 is 0 Å². The number of nitrogens with zero attached hydrogens (tertiary/aromatic N) is 3. The average molecular weight is 329 g/mol. The smallest absolute Gasteiger partial charge is 0.255 e. The summed E-state index contributed by atoms with van der Waals surface area (Å²) in [5.41, 5.74) is 1.06. The highest BCUT2D eigenvalue weighted by atomic mass is 16.5. The third-order valence-electron chi connectivity index (χ3n) is 6.09. The fourth-order valence-corrected chi connectivity index (χ4v) is 4.49. The molecule has 1 aromatic rings. The number of hydrogen-bond donors (Lipinski definition) is 0. The molecule has 1 amide bonds. The predicted octanol–water partition coefficient (Wildman–Crippen LogP) is 2.05. The fraction of sp³-hybridized carbons (Fsp3) is 0.684. The maximum Gasteiger partial charge on any atom is 0.255 e. The van der Waals surface area contributed by atoms with Crippen molar-refractivity contribution in [3.8, 4) is 0 Å². The van der Waals surface area contributed by atoms with E-state index in [0.717, 1.165) is 38.6 Å². The van der Waals surface area contributed by atoms with Crippen LogP contribution in [0.3, 0.4) is 0 Å². The van der Waals surface area contributed by atoms with Crippen molar-refractivity contribution in [2.24, 2.45) is 11.3 Å². The Hall–Kier alpha value is -1.46. The lowest BCUT2D eigenvalue weighted by atomic mass is 9.77. The second-order valence-corrected chi connectivity index (χ2v) is 7.75. The van der Waals surface area contributed by atoms with Gasteiger partial charge in [-0.3, -0.25) is 9.78 Å². The Balaban J connectivity index is 1.31. The highest BCUT2D eigenvalue weighted by Crippen LogP contribution is 2.41. The zero-order valence-electron chi connectivity index (χ0n) is 14.3. The van der Waals surface area contributed by atoms with E-state index < -0.39 is 0 Å². The molecular formula is C19H27N3O2. The van der Waals surface area contributed by atoms with Gasteiger partial charge in [0.25, 0.3) is 5.91 Å². The second kappa shape index (κ2) is 6.81. The summed E-state index contributed by atoms with van der Waals surface area (Å²) in [6, 6.07) is 3.71. The molecule has 0 bridgehead atoms. The van der Waals surface area contributed by atoms with Crippen LogP contribution in [-0.2, 0) is 4.74 Å². The normalized spacial score (nSPS) is 27.0. The Morgan fingerprint density at radius 1 is 1.29 bits per heavy atom. The Kier molecular flexibility index (Phi) is 4.55. The van der Waals surface area contributed by atoms with E-state index in [-0.39, 0.29) is 5.91 Å². The van der Waals surface area contributed by atoms with Crippen molar-refractivity contribution in [3.63, 3.8) is 0 Å². The molecule has 1 atom stereocenters. The molecule has 4 heterocycles. The van der Waals surface area contributed by atoms with E-state index in [1.54, 1.807) is 12.4 Å². The van der Waals surface area contributed by atoms with Crippen molar-refractivity contribution in [1.82, 2.24) is 14.8 Å². The maximum atomic E-state index is 12.6. The molecule has 0 N–H and O–H groups in total. The number of amides is 1. The van der Waals surface area contributed by atoms with Crippen molar-refractivity contribution in [2.45, 2.75) is 25.7 Å². The number of piperidine rings is 1. The zero-order valence-corrected chi connectivity index (χ0v) is 14.3. The van der Waals surface area contributed by atoms with Gasteiger partial charge in [0.05, 0.1) is 12.2 Å². The average Bonchev–Trinajstić information content (AvgIpc) is 3.28. The van der Waals surface area contributed by atoms with E-state index in [1.807, 2.05) is 17.0 Å². The summed E-state index contributed by atoms with van der Waals surface area (Å²) in [5, 5.41) is 0. The third kappa shape index (κ3) is 3.33. The van der Waals surface area contributed by atoms with Crippen molar-refractivity contribution in [1.29, 1.82) is 0 Å². The number of pyridine rings is 1. The van der Waals surface area contributed by atoms with Crippen LogP contribution in [0.2, 0.25) is 0 Å². The van der Waals surface area contributed by atoms with Gasteiger partial charge in [-0.15, -0.1) is 0 Å². The molecule has 3 aliphatic heterocycles. The fourth-order valence-electron chi connectivity index (χ4n) is 4.49. The Bertz CT molecular complexity index is 563. The zero-order chi connectivity index (χ0) is 16.4. The van der Waals surface area contributed by atoms with Gasteiger partial charge in [-0.2, -0.15) is 0 Å².